The molecule has 2 amide bonds. The molecule has 6 nitrogen and oxygen atoms in total. The van der Waals surface area contributed by atoms with Crippen molar-refractivity contribution >= 4 is 23.6 Å². The highest BCUT2D eigenvalue weighted by atomic mass is 19.1. The molecule has 1 aliphatic heterocycles. The minimum atomic E-state index is -0.392. The Morgan fingerprint density at radius 2 is 1.90 bits per heavy atom. The van der Waals surface area contributed by atoms with Gasteiger partial charge in [0, 0.05) is 11.8 Å². The molecule has 148 valence electrons. The maximum Gasteiger partial charge on any atom is 0.279 e. The highest BCUT2D eigenvalue weighted by molar-refractivity contribution is 5.92. The fourth-order valence-corrected chi connectivity index (χ4v) is 3.16. The summed E-state index contributed by atoms with van der Waals surface area (Å²) in [6.45, 7) is 2.76. The molecule has 0 unspecified atom stereocenters. The van der Waals surface area contributed by atoms with Crippen molar-refractivity contribution in [3.63, 3.8) is 0 Å². The van der Waals surface area contributed by atoms with E-state index < -0.39 is 5.82 Å². The smallest absolute Gasteiger partial charge is 0.279 e. The van der Waals surface area contributed by atoms with E-state index in [9.17, 15) is 14.0 Å². The number of carbonyl (C=O) groups excluding carboxylic acids is 2. The lowest BCUT2D eigenvalue weighted by atomic mass is 10.1. The molecule has 0 bridgehead atoms. The van der Waals surface area contributed by atoms with E-state index in [1.807, 2.05) is 0 Å². The maximum absolute atomic E-state index is 13.2. The highest BCUT2D eigenvalue weighted by Crippen LogP contribution is 2.08. The van der Waals surface area contributed by atoms with Crippen molar-refractivity contribution in [1.82, 2.24) is 4.90 Å². The normalized spacial score (nSPS) is 14.6. The number of amides is 2. The molecule has 0 atom stereocenters. The summed E-state index contributed by atoms with van der Waals surface area (Å²) in [6, 6.07) is 14.9. The number of nitriles is 1. The molecule has 2 aromatic carbocycles. The van der Waals surface area contributed by atoms with Gasteiger partial charge in [0.15, 0.2) is 6.54 Å². The number of anilines is 1. The predicted molar refractivity (Wildman–Crippen MR) is 107 cm³/mol. The minimum Gasteiger partial charge on any atom is -0.328 e. The van der Waals surface area contributed by atoms with Gasteiger partial charge in [-0.2, -0.15) is 5.26 Å². The van der Waals surface area contributed by atoms with E-state index in [-0.39, 0.29) is 18.4 Å². The molecule has 2 aromatic rings. The van der Waals surface area contributed by atoms with Crippen LogP contribution in [0.5, 0.6) is 0 Å². The number of piperazine rings is 1. The van der Waals surface area contributed by atoms with Crippen molar-refractivity contribution < 1.29 is 18.9 Å². The Balaban J connectivity index is 1.44. The van der Waals surface area contributed by atoms with Crippen molar-refractivity contribution in [3.8, 4) is 6.07 Å². The largest absolute Gasteiger partial charge is 0.328 e. The van der Waals surface area contributed by atoms with Gasteiger partial charge < -0.3 is 15.1 Å². The van der Waals surface area contributed by atoms with E-state index in [1.54, 1.807) is 47.4 Å². The Morgan fingerprint density at radius 3 is 2.55 bits per heavy atom. The number of hydrogen-bond acceptors (Lipinski definition) is 3. The lowest BCUT2D eigenvalue weighted by molar-refractivity contribution is -0.895. The number of rotatable bonds is 5. The number of nitrogens with one attached hydrogen (secondary N) is 2. The summed E-state index contributed by atoms with van der Waals surface area (Å²) in [6.07, 6.45) is 3.26. The zero-order valence-corrected chi connectivity index (χ0v) is 15.9. The number of benzene rings is 2. The summed E-state index contributed by atoms with van der Waals surface area (Å²) >= 11 is 0. The fourth-order valence-electron chi connectivity index (χ4n) is 3.16. The van der Waals surface area contributed by atoms with Crippen LogP contribution in [0.4, 0.5) is 10.1 Å². The van der Waals surface area contributed by atoms with Gasteiger partial charge in [0.2, 0.25) is 5.91 Å². The third-order valence-electron chi connectivity index (χ3n) is 4.76. The van der Waals surface area contributed by atoms with Gasteiger partial charge in [-0.3, -0.25) is 9.59 Å². The van der Waals surface area contributed by atoms with E-state index in [0.29, 0.717) is 37.4 Å². The third-order valence-corrected chi connectivity index (χ3v) is 4.76. The van der Waals surface area contributed by atoms with E-state index in [0.717, 1.165) is 10.5 Å². The molecule has 0 aromatic heterocycles. The Kier molecular flexibility index (Phi) is 6.72. The van der Waals surface area contributed by atoms with Gasteiger partial charge in [-0.05, 0) is 42.0 Å². The fraction of sp³-hybridized carbons (Fsp3) is 0.227. The first-order valence-corrected chi connectivity index (χ1v) is 9.39. The average Bonchev–Trinajstić information content (AvgIpc) is 2.73. The SMILES string of the molecule is N#Cc1ccc(/C=C/C(=O)N2CC[NH+](CC(=O)Nc3cccc(F)c3)CC2)cc1. The second-order valence-corrected chi connectivity index (χ2v) is 6.88. The van der Waals surface area contributed by atoms with E-state index in [2.05, 4.69) is 11.4 Å². The monoisotopic (exact) mass is 393 g/mol. The van der Waals surface area contributed by atoms with Crippen molar-refractivity contribution in [1.29, 1.82) is 5.26 Å². The molecule has 0 saturated carbocycles. The molecule has 1 fully saturated rings. The van der Waals surface area contributed by atoms with Crippen LogP contribution in [0.3, 0.4) is 0 Å². The molecule has 29 heavy (non-hydrogen) atoms. The van der Waals surface area contributed by atoms with Crippen LogP contribution in [0.25, 0.3) is 6.08 Å². The number of carbonyl (C=O) groups is 2. The van der Waals surface area contributed by atoms with Crippen molar-refractivity contribution in [2.75, 3.05) is 38.0 Å². The van der Waals surface area contributed by atoms with Crippen molar-refractivity contribution in [3.05, 3.63) is 71.6 Å². The van der Waals surface area contributed by atoms with Gasteiger partial charge in [-0.25, -0.2) is 4.39 Å². The summed E-state index contributed by atoms with van der Waals surface area (Å²) in [5, 5.41) is 11.5. The average molecular weight is 393 g/mol. The van der Waals surface area contributed by atoms with E-state index in [4.69, 9.17) is 5.26 Å². The summed E-state index contributed by atoms with van der Waals surface area (Å²) < 4.78 is 13.2. The summed E-state index contributed by atoms with van der Waals surface area (Å²) in [5.41, 5.74) is 1.88. The van der Waals surface area contributed by atoms with Crippen molar-refractivity contribution in [2.24, 2.45) is 0 Å². The first-order valence-electron chi connectivity index (χ1n) is 9.39. The Labute approximate surface area is 168 Å². The topological polar surface area (TPSA) is 77.6 Å². The zero-order chi connectivity index (χ0) is 20.6. The van der Waals surface area contributed by atoms with Crippen LogP contribution >= 0.6 is 0 Å². The highest BCUT2D eigenvalue weighted by Gasteiger charge is 2.24. The van der Waals surface area contributed by atoms with Crippen LogP contribution in [0.2, 0.25) is 0 Å². The molecule has 0 spiro atoms. The van der Waals surface area contributed by atoms with Gasteiger partial charge in [0.05, 0.1) is 37.8 Å². The number of quaternary nitrogens is 1. The lowest BCUT2D eigenvalue weighted by Gasteiger charge is -2.31. The van der Waals surface area contributed by atoms with Crippen LogP contribution in [-0.2, 0) is 9.59 Å². The van der Waals surface area contributed by atoms with Gasteiger partial charge in [0.1, 0.15) is 5.82 Å². The quantitative estimate of drug-likeness (QED) is 0.747. The number of hydrogen-bond donors (Lipinski definition) is 2. The van der Waals surface area contributed by atoms with E-state index >= 15 is 0 Å². The first kappa shape index (κ1) is 20.2. The van der Waals surface area contributed by atoms with Gasteiger partial charge in [0.25, 0.3) is 5.91 Å². The summed E-state index contributed by atoms with van der Waals surface area (Å²) in [7, 11) is 0. The van der Waals surface area contributed by atoms with Crippen LogP contribution in [0, 0.1) is 17.1 Å². The van der Waals surface area contributed by atoms with Crippen LogP contribution in [0.15, 0.2) is 54.6 Å². The molecule has 0 radical (unpaired) electrons. The molecular formula is C22H22FN4O2+. The predicted octanol–water partition coefficient (Wildman–Crippen LogP) is 1.08. The Bertz CT molecular complexity index is 942. The molecule has 1 saturated heterocycles. The van der Waals surface area contributed by atoms with Gasteiger partial charge in [-0.1, -0.05) is 18.2 Å². The maximum atomic E-state index is 13.2. The number of halogens is 1. The molecular weight excluding hydrogens is 371 g/mol. The zero-order valence-electron chi connectivity index (χ0n) is 15.9. The minimum absolute atomic E-state index is 0.0716. The van der Waals surface area contributed by atoms with Gasteiger partial charge in [-0.15, -0.1) is 0 Å². The third kappa shape index (κ3) is 5.99. The van der Waals surface area contributed by atoms with Crippen LogP contribution in [-0.4, -0.2) is 49.4 Å². The standard InChI is InChI=1S/C22H21FN4O2/c23-19-2-1-3-20(14-19)25-21(28)16-26-10-12-27(13-11-26)22(29)9-8-17-4-6-18(15-24)7-5-17/h1-9,14H,10-13,16H2,(H,25,28)/p+1/b9-8+. The Hall–Kier alpha value is -3.50. The molecule has 0 aliphatic carbocycles. The summed E-state index contributed by atoms with van der Waals surface area (Å²) in [5.74, 6) is -0.639. The lowest BCUT2D eigenvalue weighted by Crippen LogP contribution is -3.15. The molecule has 1 aliphatic rings. The first-order chi connectivity index (χ1) is 14.0. The summed E-state index contributed by atoms with van der Waals surface area (Å²) in [4.78, 5) is 27.3. The molecule has 7 heteroatoms. The number of nitrogens with zero attached hydrogens (tertiary/aromatic N) is 2. The molecule has 2 N–H and O–H groups in total. The van der Waals surface area contributed by atoms with Crippen LogP contribution in [0.1, 0.15) is 11.1 Å². The molecule has 3 rings (SSSR count). The van der Waals surface area contributed by atoms with Crippen molar-refractivity contribution in [2.45, 2.75) is 0 Å². The van der Waals surface area contributed by atoms with Gasteiger partial charge >= 0.3 is 0 Å². The second-order valence-electron chi connectivity index (χ2n) is 6.88. The van der Waals surface area contributed by atoms with E-state index in [1.165, 1.54) is 18.2 Å². The molecule has 1 heterocycles. The second kappa shape index (κ2) is 9.62. The van der Waals surface area contributed by atoms with Crippen LogP contribution < -0.4 is 10.2 Å². The Morgan fingerprint density at radius 1 is 1.17 bits per heavy atom.